The van der Waals surface area contributed by atoms with Crippen LogP contribution in [0.2, 0.25) is 0 Å². The Morgan fingerprint density at radius 1 is 1.09 bits per heavy atom. The lowest BCUT2D eigenvalue weighted by Crippen LogP contribution is -2.43. The van der Waals surface area contributed by atoms with E-state index in [1.165, 1.54) is 35.6 Å². The van der Waals surface area contributed by atoms with Crippen molar-refractivity contribution in [1.82, 2.24) is 19.2 Å². The van der Waals surface area contributed by atoms with E-state index in [0.717, 1.165) is 49.0 Å². The Bertz CT molecular complexity index is 1200. The molecule has 35 heavy (non-hydrogen) atoms. The Labute approximate surface area is 209 Å². The molecule has 1 amide bonds. The molecule has 2 fully saturated rings. The highest BCUT2D eigenvalue weighted by Crippen LogP contribution is 2.34. The zero-order valence-corrected chi connectivity index (χ0v) is 21.7. The van der Waals surface area contributed by atoms with E-state index in [1.807, 2.05) is 13.0 Å². The number of sulfonamides is 1. The number of rotatable bonds is 7. The monoisotopic (exact) mass is 498 g/mol. The number of nitrogens with zero attached hydrogens (tertiary/aromatic N) is 3. The van der Waals surface area contributed by atoms with Gasteiger partial charge in [-0.3, -0.25) is 4.79 Å². The summed E-state index contributed by atoms with van der Waals surface area (Å²) in [5.41, 5.74) is 3.23. The number of benzene rings is 1. The number of hydrogen-bond acceptors (Lipinski definition) is 4. The van der Waals surface area contributed by atoms with Gasteiger partial charge in [0, 0.05) is 31.6 Å². The minimum atomic E-state index is -3.61. The van der Waals surface area contributed by atoms with Crippen LogP contribution in [0.4, 0.5) is 0 Å². The van der Waals surface area contributed by atoms with Gasteiger partial charge >= 0.3 is 0 Å². The SMILES string of the molecule is Cc1nc2cc(S(=O)(=O)N3CCC(C(=O)NCCC4=CCCCC4)CC3)ccc2n1C1CCCC1. The highest BCUT2D eigenvalue weighted by Gasteiger charge is 2.32. The zero-order chi connectivity index (χ0) is 24.4. The average Bonchev–Trinajstić information content (AvgIpc) is 3.51. The van der Waals surface area contributed by atoms with Crippen LogP contribution in [-0.2, 0) is 14.8 Å². The van der Waals surface area contributed by atoms with Gasteiger partial charge in [0.05, 0.1) is 15.9 Å². The number of carbonyl (C=O) groups is 1. The molecule has 8 heteroatoms. The summed E-state index contributed by atoms with van der Waals surface area (Å²) in [6.45, 7) is 3.43. The van der Waals surface area contributed by atoms with Crippen LogP contribution in [0.25, 0.3) is 11.0 Å². The molecule has 1 aromatic carbocycles. The van der Waals surface area contributed by atoms with Crippen LogP contribution in [0.5, 0.6) is 0 Å². The van der Waals surface area contributed by atoms with Gasteiger partial charge in [0.25, 0.3) is 0 Å². The molecule has 2 heterocycles. The number of allylic oxidation sites excluding steroid dienone is 1. The molecule has 3 aliphatic rings. The summed E-state index contributed by atoms with van der Waals surface area (Å²) in [7, 11) is -3.61. The summed E-state index contributed by atoms with van der Waals surface area (Å²) < 4.78 is 30.6. The van der Waals surface area contributed by atoms with Crippen LogP contribution < -0.4 is 5.32 Å². The number of carbonyl (C=O) groups excluding carboxylic acids is 1. The van der Waals surface area contributed by atoms with E-state index in [0.29, 0.717) is 43.4 Å². The Morgan fingerprint density at radius 2 is 1.86 bits per heavy atom. The topological polar surface area (TPSA) is 84.3 Å². The van der Waals surface area contributed by atoms with Crippen molar-refractivity contribution < 1.29 is 13.2 Å². The van der Waals surface area contributed by atoms with E-state index in [9.17, 15) is 13.2 Å². The van der Waals surface area contributed by atoms with Crippen molar-refractivity contribution >= 4 is 27.0 Å². The standard InChI is InChI=1S/C27H38N4O3S/c1-20-29-25-19-24(11-12-26(25)31(20)23-9-5-6-10-23)35(33,34)30-17-14-22(15-18-30)27(32)28-16-13-21-7-3-2-4-8-21/h7,11-12,19,22-23H,2-6,8-10,13-18H2,1H3,(H,28,32). The quantitative estimate of drug-likeness (QED) is 0.552. The fourth-order valence-electron chi connectivity index (χ4n) is 6.11. The van der Waals surface area contributed by atoms with Gasteiger partial charge in [-0.1, -0.05) is 24.5 Å². The number of amides is 1. The largest absolute Gasteiger partial charge is 0.356 e. The summed E-state index contributed by atoms with van der Waals surface area (Å²) in [6, 6.07) is 5.83. The third-order valence-corrected chi connectivity index (χ3v) is 10.0. The third kappa shape index (κ3) is 5.19. The minimum Gasteiger partial charge on any atom is -0.356 e. The Kier molecular flexibility index (Phi) is 7.30. The molecule has 1 saturated carbocycles. The van der Waals surface area contributed by atoms with E-state index in [4.69, 9.17) is 4.98 Å². The molecule has 0 unspecified atom stereocenters. The number of piperidine rings is 1. The molecule has 1 aromatic heterocycles. The number of hydrogen-bond donors (Lipinski definition) is 1. The first-order valence-electron chi connectivity index (χ1n) is 13.4. The van der Waals surface area contributed by atoms with Crippen molar-refractivity contribution in [3.05, 3.63) is 35.7 Å². The zero-order valence-electron chi connectivity index (χ0n) is 20.8. The summed E-state index contributed by atoms with van der Waals surface area (Å²) >= 11 is 0. The second kappa shape index (κ2) is 10.4. The molecule has 7 nitrogen and oxygen atoms in total. The van der Waals surface area contributed by atoms with Crippen molar-refractivity contribution in [3.63, 3.8) is 0 Å². The normalized spacial score (nSPS) is 20.9. The summed E-state index contributed by atoms with van der Waals surface area (Å²) in [6.07, 6.45) is 14.0. The Balaban J connectivity index is 1.20. The second-order valence-corrected chi connectivity index (χ2v) is 12.4. The lowest BCUT2D eigenvalue weighted by molar-refractivity contribution is -0.126. The molecule has 2 aliphatic carbocycles. The van der Waals surface area contributed by atoms with Gasteiger partial charge in [0.15, 0.2) is 0 Å². The predicted octanol–water partition coefficient (Wildman–Crippen LogP) is 4.87. The molecule has 190 valence electrons. The van der Waals surface area contributed by atoms with E-state index in [-0.39, 0.29) is 11.8 Å². The van der Waals surface area contributed by atoms with Crippen LogP contribution in [0.1, 0.15) is 82.5 Å². The second-order valence-electron chi connectivity index (χ2n) is 10.4. The maximum atomic E-state index is 13.4. The number of nitrogens with one attached hydrogen (secondary N) is 1. The molecule has 0 bridgehead atoms. The van der Waals surface area contributed by atoms with Crippen molar-refractivity contribution in [2.75, 3.05) is 19.6 Å². The lowest BCUT2D eigenvalue weighted by atomic mass is 9.96. The first-order valence-corrected chi connectivity index (χ1v) is 14.8. The summed E-state index contributed by atoms with van der Waals surface area (Å²) in [5, 5.41) is 3.08. The van der Waals surface area contributed by atoms with Gasteiger partial charge in [0.2, 0.25) is 15.9 Å². The van der Waals surface area contributed by atoms with Crippen molar-refractivity contribution in [3.8, 4) is 0 Å². The average molecular weight is 499 g/mol. The van der Waals surface area contributed by atoms with Gasteiger partial charge in [0.1, 0.15) is 5.82 Å². The number of fused-ring (bicyclic) bond motifs is 1. The molecular weight excluding hydrogens is 460 g/mol. The van der Waals surface area contributed by atoms with E-state index >= 15 is 0 Å². The molecule has 1 saturated heterocycles. The molecule has 0 atom stereocenters. The highest BCUT2D eigenvalue weighted by atomic mass is 32.2. The number of aryl methyl sites for hydroxylation is 1. The van der Waals surface area contributed by atoms with Crippen LogP contribution in [0.15, 0.2) is 34.7 Å². The molecule has 2 aromatic rings. The summed E-state index contributed by atoms with van der Waals surface area (Å²) in [4.78, 5) is 17.6. The number of imidazole rings is 1. The minimum absolute atomic E-state index is 0.0628. The molecule has 1 aliphatic heterocycles. The summed E-state index contributed by atoms with van der Waals surface area (Å²) in [5.74, 6) is 0.898. The predicted molar refractivity (Wildman–Crippen MR) is 138 cm³/mol. The van der Waals surface area contributed by atoms with Crippen LogP contribution in [0.3, 0.4) is 0 Å². The van der Waals surface area contributed by atoms with Gasteiger partial charge in [-0.25, -0.2) is 13.4 Å². The van der Waals surface area contributed by atoms with E-state index in [1.54, 1.807) is 12.1 Å². The maximum absolute atomic E-state index is 13.4. The first-order chi connectivity index (χ1) is 16.9. The van der Waals surface area contributed by atoms with Crippen molar-refractivity contribution in [2.24, 2.45) is 5.92 Å². The lowest BCUT2D eigenvalue weighted by Gasteiger charge is -2.30. The van der Waals surface area contributed by atoms with E-state index < -0.39 is 10.0 Å². The van der Waals surface area contributed by atoms with Gasteiger partial charge in [-0.15, -0.1) is 0 Å². The maximum Gasteiger partial charge on any atom is 0.243 e. The smallest absolute Gasteiger partial charge is 0.243 e. The van der Waals surface area contributed by atoms with Crippen LogP contribution >= 0.6 is 0 Å². The van der Waals surface area contributed by atoms with Gasteiger partial charge in [-0.05, 0) is 82.9 Å². The van der Waals surface area contributed by atoms with E-state index in [2.05, 4.69) is 16.0 Å². The molecule has 0 spiro atoms. The molecule has 1 N–H and O–H groups in total. The molecule has 5 rings (SSSR count). The Morgan fingerprint density at radius 3 is 2.57 bits per heavy atom. The fraction of sp³-hybridized carbons (Fsp3) is 0.630. The Hall–Kier alpha value is -2.19. The first kappa shape index (κ1) is 24.5. The van der Waals surface area contributed by atoms with Crippen LogP contribution in [0, 0.1) is 12.8 Å². The third-order valence-electron chi connectivity index (χ3n) is 8.12. The van der Waals surface area contributed by atoms with Crippen molar-refractivity contribution in [2.45, 2.75) is 88.5 Å². The highest BCUT2D eigenvalue weighted by molar-refractivity contribution is 7.89. The van der Waals surface area contributed by atoms with Gasteiger partial charge in [-0.2, -0.15) is 4.31 Å². The molecular formula is C27H38N4O3S. The molecule has 0 radical (unpaired) electrons. The van der Waals surface area contributed by atoms with Crippen molar-refractivity contribution in [1.29, 1.82) is 0 Å². The van der Waals surface area contributed by atoms with Gasteiger partial charge < -0.3 is 9.88 Å². The van der Waals surface area contributed by atoms with Crippen LogP contribution in [-0.4, -0.2) is 47.8 Å². The number of aromatic nitrogens is 2. The fourth-order valence-corrected chi connectivity index (χ4v) is 7.60.